The Morgan fingerprint density at radius 1 is 1.41 bits per heavy atom. The fourth-order valence-corrected chi connectivity index (χ4v) is 4.60. The highest BCUT2D eigenvalue weighted by molar-refractivity contribution is 7.91. The number of nitrogens with one attached hydrogen (secondary N) is 1. The highest BCUT2D eigenvalue weighted by Crippen LogP contribution is 2.18. The first kappa shape index (κ1) is 14.8. The van der Waals surface area contributed by atoms with Gasteiger partial charge in [-0.1, -0.05) is 0 Å². The minimum absolute atomic E-state index is 0.000602. The first-order valence-corrected chi connectivity index (χ1v) is 8.92. The van der Waals surface area contributed by atoms with Crippen LogP contribution in [0.1, 0.15) is 16.8 Å². The van der Waals surface area contributed by atoms with Crippen LogP contribution in [0.2, 0.25) is 0 Å². The highest BCUT2D eigenvalue weighted by atomic mass is 32.2. The molecule has 2 aromatic heterocycles. The van der Waals surface area contributed by atoms with Crippen molar-refractivity contribution in [1.29, 1.82) is 0 Å². The molecule has 1 atom stereocenters. The van der Waals surface area contributed by atoms with Crippen molar-refractivity contribution in [3.8, 4) is 5.82 Å². The summed E-state index contributed by atoms with van der Waals surface area (Å²) in [6.45, 7) is 0.373. The molecule has 2 aromatic rings. The number of carbonyl (C=O) groups excluding carboxylic acids is 1. The first-order valence-electron chi connectivity index (χ1n) is 7.10. The summed E-state index contributed by atoms with van der Waals surface area (Å²) in [6.07, 6.45) is 5.82. The second-order valence-corrected chi connectivity index (χ2v) is 7.80. The lowest BCUT2D eigenvalue weighted by Gasteiger charge is -2.11. The van der Waals surface area contributed by atoms with Gasteiger partial charge in [0.1, 0.15) is 11.4 Å². The minimum Gasteiger partial charge on any atom is -0.352 e. The van der Waals surface area contributed by atoms with Crippen LogP contribution in [0, 0.1) is 5.92 Å². The number of sulfone groups is 1. The van der Waals surface area contributed by atoms with Crippen molar-refractivity contribution in [2.45, 2.75) is 6.42 Å². The van der Waals surface area contributed by atoms with Gasteiger partial charge in [0.05, 0.1) is 17.7 Å². The maximum absolute atomic E-state index is 12.4. The van der Waals surface area contributed by atoms with E-state index in [2.05, 4.69) is 10.4 Å². The lowest BCUT2D eigenvalue weighted by atomic mass is 10.1. The summed E-state index contributed by atoms with van der Waals surface area (Å²) < 4.78 is 26.3. The molecule has 0 bridgehead atoms. The second kappa shape index (κ2) is 5.60. The standard InChI is InChI=1S/C14H18N4O3S/c1-17-14(18-5-2-3-6-18)12(9-16-17)13(19)15-8-11-4-7-22(20,21)10-11/h2-3,5-6,9,11H,4,7-8,10H2,1H3,(H,15,19)/t11-/m1/s1. The number of aryl methyl sites for hydroxylation is 1. The van der Waals surface area contributed by atoms with Gasteiger partial charge in [0.25, 0.3) is 5.91 Å². The monoisotopic (exact) mass is 322 g/mol. The number of hydrogen-bond donors (Lipinski definition) is 1. The van der Waals surface area contributed by atoms with E-state index in [1.807, 2.05) is 29.1 Å². The van der Waals surface area contributed by atoms with Crippen molar-refractivity contribution in [2.75, 3.05) is 18.1 Å². The van der Waals surface area contributed by atoms with E-state index in [0.29, 0.717) is 24.3 Å². The number of carbonyl (C=O) groups is 1. The van der Waals surface area contributed by atoms with E-state index < -0.39 is 9.84 Å². The summed E-state index contributed by atoms with van der Waals surface area (Å²) in [7, 11) is -1.15. The van der Waals surface area contributed by atoms with Gasteiger partial charge in [-0.05, 0) is 24.5 Å². The van der Waals surface area contributed by atoms with Gasteiger partial charge in [0, 0.05) is 26.0 Å². The Hall–Kier alpha value is -2.09. The van der Waals surface area contributed by atoms with Gasteiger partial charge >= 0.3 is 0 Å². The highest BCUT2D eigenvalue weighted by Gasteiger charge is 2.28. The Kier molecular flexibility index (Phi) is 3.78. The van der Waals surface area contributed by atoms with Crippen LogP contribution in [0.15, 0.2) is 30.7 Å². The molecular weight excluding hydrogens is 304 g/mol. The summed E-state index contributed by atoms with van der Waals surface area (Å²) in [5.41, 5.74) is 0.472. The van der Waals surface area contributed by atoms with Crippen molar-refractivity contribution >= 4 is 15.7 Å². The normalized spacial score (nSPS) is 20.1. The van der Waals surface area contributed by atoms with Crippen molar-refractivity contribution in [3.05, 3.63) is 36.3 Å². The minimum atomic E-state index is -2.92. The lowest BCUT2D eigenvalue weighted by molar-refractivity contribution is 0.0948. The van der Waals surface area contributed by atoms with Crippen molar-refractivity contribution in [1.82, 2.24) is 19.7 Å². The molecule has 0 saturated carbocycles. The Morgan fingerprint density at radius 2 is 2.14 bits per heavy atom. The maximum Gasteiger partial charge on any atom is 0.256 e. The molecule has 118 valence electrons. The lowest BCUT2D eigenvalue weighted by Crippen LogP contribution is -2.30. The van der Waals surface area contributed by atoms with E-state index in [-0.39, 0.29) is 23.3 Å². The van der Waals surface area contributed by atoms with Crippen LogP contribution in [0.3, 0.4) is 0 Å². The summed E-state index contributed by atoms with van der Waals surface area (Å²) >= 11 is 0. The number of rotatable bonds is 4. The number of nitrogens with zero attached hydrogens (tertiary/aromatic N) is 3. The molecule has 22 heavy (non-hydrogen) atoms. The average Bonchev–Trinajstić information content (AvgIpc) is 3.16. The van der Waals surface area contributed by atoms with E-state index in [9.17, 15) is 13.2 Å². The summed E-state index contributed by atoms with van der Waals surface area (Å²) in [4.78, 5) is 12.4. The third-order valence-corrected chi connectivity index (χ3v) is 5.72. The molecule has 1 saturated heterocycles. The van der Waals surface area contributed by atoms with Crippen LogP contribution in [-0.2, 0) is 16.9 Å². The van der Waals surface area contributed by atoms with Gasteiger partial charge in [-0.15, -0.1) is 0 Å². The molecule has 1 aliphatic rings. The fraction of sp³-hybridized carbons (Fsp3) is 0.429. The zero-order chi connectivity index (χ0) is 15.7. The van der Waals surface area contributed by atoms with Crippen LogP contribution in [0.25, 0.3) is 5.82 Å². The van der Waals surface area contributed by atoms with Gasteiger partial charge in [-0.25, -0.2) is 8.42 Å². The van der Waals surface area contributed by atoms with Gasteiger partial charge in [0.2, 0.25) is 0 Å². The fourth-order valence-electron chi connectivity index (χ4n) is 2.74. The zero-order valence-electron chi connectivity index (χ0n) is 12.3. The molecule has 1 amide bonds. The van der Waals surface area contributed by atoms with E-state index in [1.165, 1.54) is 6.20 Å². The van der Waals surface area contributed by atoms with Crippen LogP contribution in [0.4, 0.5) is 0 Å². The molecule has 0 spiro atoms. The smallest absolute Gasteiger partial charge is 0.256 e. The molecule has 8 heteroatoms. The third-order valence-electron chi connectivity index (χ3n) is 3.88. The molecule has 3 rings (SSSR count). The SMILES string of the molecule is Cn1ncc(C(=O)NC[C@H]2CCS(=O)(=O)C2)c1-n1cccc1. The molecule has 1 N–H and O–H groups in total. The Bertz CT molecular complexity index is 777. The molecule has 1 aliphatic heterocycles. The van der Waals surface area contributed by atoms with Crippen LogP contribution in [0.5, 0.6) is 0 Å². The quantitative estimate of drug-likeness (QED) is 0.881. The summed E-state index contributed by atoms with van der Waals surface area (Å²) in [6, 6.07) is 3.75. The van der Waals surface area contributed by atoms with Gasteiger partial charge in [-0.3, -0.25) is 9.48 Å². The topological polar surface area (TPSA) is 86.0 Å². The largest absolute Gasteiger partial charge is 0.352 e. The number of hydrogen-bond acceptors (Lipinski definition) is 4. The second-order valence-electron chi connectivity index (χ2n) is 5.57. The zero-order valence-corrected chi connectivity index (χ0v) is 13.1. The van der Waals surface area contributed by atoms with E-state index in [4.69, 9.17) is 0 Å². The molecule has 3 heterocycles. The predicted molar refractivity (Wildman–Crippen MR) is 81.6 cm³/mol. The predicted octanol–water partition coefficient (Wildman–Crippen LogP) is 0.375. The molecule has 7 nitrogen and oxygen atoms in total. The summed E-state index contributed by atoms with van der Waals surface area (Å²) in [5, 5.41) is 6.96. The van der Waals surface area contributed by atoms with Crippen molar-refractivity contribution < 1.29 is 13.2 Å². The van der Waals surface area contributed by atoms with E-state index in [1.54, 1.807) is 11.7 Å². The van der Waals surface area contributed by atoms with E-state index >= 15 is 0 Å². The van der Waals surface area contributed by atoms with Gasteiger partial charge < -0.3 is 9.88 Å². The maximum atomic E-state index is 12.4. The molecule has 1 fully saturated rings. The Balaban J connectivity index is 1.71. The van der Waals surface area contributed by atoms with Crippen LogP contribution >= 0.6 is 0 Å². The molecule has 0 radical (unpaired) electrons. The van der Waals surface area contributed by atoms with Gasteiger partial charge in [0.15, 0.2) is 9.84 Å². The van der Waals surface area contributed by atoms with Gasteiger partial charge in [-0.2, -0.15) is 5.10 Å². The number of amides is 1. The Labute approximate surface area is 128 Å². The molecule has 0 unspecified atom stereocenters. The Morgan fingerprint density at radius 3 is 2.77 bits per heavy atom. The number of aromatic nitrogens is 3. The van der Waals surface area contributed by atoms with E-state index in [0.717, 1.165) is 0 Å². The summed E-state index contributed by atoms with van der Waals surface area (Å²) in [5.74, 6) is 0.822. The van der Waals surface area contributed by atoms with Crippen molar-refractivity contribution in [3.63, 3.8) is 0 Å². The average molecular weight is 322 g/mol. The molecule has 0 aliphatic carbocycles. The first-order chi connectivity index (χ1) is 10.5. The van der Waals surface area contributed by atoms with Crippen molar-refractivity contribution in [2.24, 2.45) is 13.0 Å². The van der Waals surface area contributed by atoms with Crippen LogP contribution in [-0.4, -0.2) is 46.7 Å². The third kappa shape index (κ3) is 2.92. The van der Waals surface area contributed by atoms with Crippen LogP contribution < -0.4 is 5.32 Å². The molecular formula is C14H18N4O3S. The molecule has 0 aromatic carbocycles.